The number of carboxylic acids is 1. The van der Waals surface area contributed by atoms with Gasteiger partial charge in [-0.25, -0.2) is 4.79 Å². The molecule has 1 unspecified atom stereocenters. The summed E-state index contributed by atoms with van der Waals surface area (Å²) < 4.78 is 6.54. The van der Waals surface area contributed by atoms with Crippen molar-refractivity contribution in [3.8, 4) is 5.69 Å². The fourth-order valence-corrected chi connectivity index (χ4v) is 2.65. The van der Waals surface area contributed by atoms with Crippen LogP contribution in [0, 0.1) is 6.92 Å². The number of nitrogens with zero attached hydrogens (tertiary/aromatic N) is 3. The number of aromatic nitrogens is 3. The zero-order valence-electron chi connectivity index (χ0n) is 13.3. The number of nitrogens with one attached hydrogen (secondary N) is 1. The van der Waals surface area contributed by atoms with Gasteiger partial charge in [0, 0.05) is 12.8 Å². The summed E-state index contributed by atoms with van der Waals surface area (Å²) in [6, 6.07) is 6.74. The second-order valence-corrected chi connectivity index (χ2v) is 5.96. The molecule has 2 N–H and O–H groups in total. The predicted molar refractivity (Wildman–Crippen MR) is 88.3 cm³/mol. The molecule has 24 heavy (non-hydrogen) atoms. The standard InChI is InChI=1S/C15H18N4O4S/c1-10-3-5-11(6-4-10)19-9-16-18-15(19)24-8-13(20)17-12(7-23-2)14(21)22/h3-6,9,12H,7-8H2,1-2H3,(H,17,20)(H,21,22). The summed E-state index contributed by atoms with van der Waals surface area (Å²) in [5.74, 6) is -1.53. The van der Waals surface area contributed by atoms with Gasteiger partial charge in [0.2, 0.25) is 5.91 Å². The maximum Gasteiger partial charge on any atom is 0.328 e. The van der Waals surface area contributed by atoms with E-state index < -0.39 is 17.9 Å². The molecule has 2 rings (SSSR count). The van der Waals surface area contributed by atoms with Crippen molar-refractivity contribution in [1.29, 1.82) is 0 Å². The van der Waals surface area contributed by atoms with Gasteiger partial charge in [-0.1, -0.05) is 29.5 Å². The minimum absolute atomic E-state index is 0.0258. The Morgan fingerprint density at radius 2 is 2.08 bits per heavy atom. The third-order valence-electron chi connectivity index (χ3n) is 3.13. The average Bonchev–Trinajstić information content (AvgIpc) is 3.01. The largest absolute Gasteiger partial charge is 0.480 e. The van der Waals surface area contributed by atoms with Crippen LogP contribution in [0.2, 0.25) is 0 Å². The van der Waals surface area contributed by atoms with Crippen LogP contribution in [0.4, 0.5) is 0 Å². The number of carbonyl (C=O) groups excluding carboxylic acids is 1. The highest BCUT2D eigenvalue weighted by atomic mass is 32.2. The molecule has 0 radical (unpaired) electrons. The third-order valence-corrected chi connectivity index (χ3v) is 4.07. The highest BCUT2D eigenvalue weighted by molar-refractivity contribution is 7.99. The zero-order valence-corrected chi connectivity index (χ0v) is 14.1. The molecule has 2 aromatic rings. The van der Waals surface area contributed by atoms with Crippen LogP contribution in [-0.4, -0.2) is 57.3 Å². The molecule has 1 heterocycles. The first-order valence-corrected chi connectivity index (χ1v) is 8.10. The smallest absolute Gasteiger partial charge is 0.328 e. The van der Waals surface area contributed by atoms with Crippen molar-refractivity contribution in [1.82, 2.24) is 20.1 Å². The summed E-state index contributed by atoms with van der Waals surface area (Å²) >= 11 is 1.18. The first-order chi connectivity index (χ1) is 11.5. The van der Waals surface area contributed by atoms with Crippen molar-refractivity contribution < 1.29 is 19.4 Å². The molecule has 0 aliphatic heterocycles. The number of benzene rings is 1. The molecule has 0 aliphatic carbocycles. The van der Waals surface area contributed by atoms with Crippen LogP contribution in [0.25, 0.3) is 5.69 Å². The number of aliphatic carboxylic acids is 1. The van der Waals surface area contributed by atoms with Gasteiger partial charge in [0.15, 0.2) is 11.2 Å². The molecule has 1 atom stereocenters. The minimum Gasteiger partial charge on any atom is -0.480 e. The van der Waals surface area contributed by atoms with Crippen LogP contribution in [0.3, 0.4) is 0 Å². The normalized spacial score (nSPS) is 11.9. The van der Waals surface area contributed by atoms with Crippen LogP contribution in [0.15, 0.2) is 35.7 Å². The first-order valence-electron chi connectivity index (χ1n) is 7.12. The summed E-state index contributed by atoms with van der Waals surface area (Å²) in [6.07, 6.45) is 1.57. The second-order valence-electron chi connectivity index (χ2n) is 5.02. The van der Waals surface area contributed by atoms with E-state index in [4.69, 9.17) is 9.84 Å². The lowest BCUT2D eigenvalue weighted by molar-refractivity contribution is -0.142. The maximum absolute atomic E-state index is 11.9. The Labute approximate surface area is 143 Å². The lowest BCUT2D eigenvalue weighted by atomic mass is 10.2. The Bertz CT molecular complexity index is 702. The number of rotatable bonds is 8. The van der Waals surface area contributed by atoms with Crippen molar-refractivity contribution in [3.05, 3.63) is 36.2 Å². The van der Waals surface area contributed by atoms with Gasteiger partial charge in [-0.15, -0.1) is 10.2 Å². The Morgan fingerprint density at radius 3 is 2.71 bits per heavy atom. The average molecular weight is 350 g/mol. The van der Waals surface area contributed by atoms with E-state index in [9.17, 15) is 9.59 Å². The van der Waals surface area contributed by atoms with Crippen molar-refractivity contribution in [2.75, 3.05) is 19.5 Å². The van der Waals surface area contributed by atoms with Crippen molar-refractivity contribution >= 4 is 23.6 Å². The van der Waals surface area contributed by atoms with E-state index in [1.165, 1.54) is 18.9 Å². The fraction of sp³-hybridized carbons (Fsp3) is 0.333. The van der Waals surface area contributed by atoms with E-state index in [1.807, 2.05) is 31.2 Å². The number of ether oxygens (including phenoxy) is 1. The number of methoxy groups -OCH3 is 1. The van der Waals surface area contributed by atoms with Gasteiger partial charge in [-0.05, 0) is 19.1 Å². The van der Waals surface area contributed by atoms with E-state index in [0.29, 0.717) is 5.16 Å². The van der Waals surface area contributed by atoms with E-state index in [-0.39, 0.29) is 12.4 Å². The fourth-order valence-electron chi connectivity index (χ4n) is 1.91. The number of hydrogen-bond acceptors (Lipinski definition) is 6. The van der Waals surface area contributed by atoms with Gasteiger partial charge in [0.1, 0.15) is 6.33 Å². The molecule has 128 valence electrons. The molecule has 1 amide bonds. The minimum atomic E-state index is -1.14. The molecule has 0 bridgehead atoms. The van der Waals surface area contributed by atoms with Crippen molar-refractivity contribution in [3.63, 3.8) is 0 Å². The molecular weight excluding hydrogens is 332 g/mol. The van der Waals surface area contributed by atoms with Crippen LogP contribution in [-0.2, 0) is 14.3 Å². The van der Waals surface area contributed by atoms with Crippen molar-refractivity contribution in [2.24, 2.45) is 0 Å². The van der Waals surface area contributed by atoms with Gasteiger partial charge in [-0.3, -0.25) is 9.36 Å². The van der Waals surface area contributed by atoms with Gasteiger partial charge >= 0.3 is 5.97 Å². The van der Waals surface area contributed by atoms with Gasteiger partial charge in [-0.2, -0.15) is 0 Å². The number of carboxylic acid groups (broad SMARTS) is 1. The number of amides is 1. The first kappa shape index (κ1) is 18.0. The molecule has 0 fully saturated rings. The molecule has 8 nitrogen and oxygen atoms in total. The van der Waals surface area contributed by atoms with E-state index in [2.05, 4.69) is 15.5 Å². The van der Waals surface area contributed by atoms with Crippen molar-refractivity contribution in [2.45, 2.75) is 18.1 Å². The Hall–Kier alpha value is -2.39. The molecular formula is C15H18N4O4S. The van der Waals surface area contributed by atoms with Crippen LogP contribution in [0.5, 0.6) is 0 Å². The SMILES string of the molecule is COCC(NC(=O)CSc1nncn1-c1ccc(C)cc1)C(=O)O. The van der Waals surface area contributed by atoms with Crippen LogP contribution in [0.1, 0.15) is 5.56 Å². The van der Waals surface area contributed by atoms with Gasteiger partial charge in [0.25, 0.3) is 0 Å². The maximum atomic E-state index is 11.9. The quantitative estimate of drug-likeness (QED) is 0.681. The predicted octanol–water partition coefficient (Wildman–Crippen LogP) is 0.884. The molecule has 1 aromatic heterocycles. The zero-order chi connectivity index (χ0) is 17.5. The molecule has 0 spiro atoms. The highest BCUT2D eigenvalue weighted by Gasteiger charge is 2.20. The topological polar surface area (TPSA) is 106 Å². The molecule has 0 saturated heterocycles. The number of hydrogen-bond donors (Lipinski definition) is 2. The molecule has 1 aromatic carbocycles. The second kappa shape index (κ2) is 8.46. The lowest BCUT2D eigenvalue weighted by Gasteiger charge is -2.13. The van der Waals surface area contributed by atoms with Crippen LogP contribution >= 0.6 is 11.8 Å². The molecule has 9 heteroatoms. The van der Waals surface area contributed by atoms with E-state index in [0.717, 1.165) is 11.3 Å². The Morgan fingerprint density at radius 1 is 1.38 bits per heavy atom. The number of thioether (sulfide) groups is 1. The summed E-state index contributed by atoms with van der Waals surface area (Å²) in [6.45, 7) is 1.90. The van der Waals surface area contributed by atoms with E-state index in [1.54, 1.807) is 10.9 Å². The number of carbonyl (C=O) groups is 2. The summed E-state index contributed by atoms with van der Waals surface area (Å²) in [4.78, 5) is 22.9. The Balaban J connectivity index is 1.98. The highest BCUT2D eigenvalue weighted by Crippen LogP contribution is 2.19. The summed E-state index contributed by atoms with van der Waals surface area (Å²) in [7, 11) is 1.38. The summed E-state index contributed by atoms with van der Waals surface area (Å²) in [5.41, 5.74) is 2.02. The Kier molecular flexibility index (Phi) is 6.33. The van der Waals surface area contributed by atoms with E-state index >= 15 is 0 Å². The molecule has 0 aliphatic rings. The molecule has 0 saturated carbocycles. The monoisotopic (exact) mass is 350 g/mol. The van der Waals surface area contributed by atoms with Gasteiger partial charge < -0.3 is 15.2 Å². The lowest BCUT2D eigenvalue weighted by Crippen LogP contribution is -2.44. The third kappa shape index (κ3) is 4.80. The summed E-state index contributed by atoms with van der Waals surface area (Å²) in [5, 5.41) is 19.8. The number of aryl methyl sites for hydroxylation is 1. The van der Waals surface area contributed by atoms with Gasteiger partial charge in [0.05, 0.1) is 12.4 Å². The van der Waals surface area contributed by atoms with Crippen LogP contribution < -0.4 is 5.32 Å².